The molecule has 0 aliphatic carbocycles. The number of nitrogens with one attached hydrogen (secondary N) is 2. The summed E-state index contributed by atoms with van der Waals surface area (Å²) in [6.07, 6.45) is -5.24. The Morgan fingerprint density at radius 2 is 2.04 bits per heavy atom. The average Bonchev–Trinajstić information content (AvgIpc) is 2.69. The molecule has 10 heteroatoms. The zero-order chi connectivity index (χ0) is 18.3. The van der Waals surface area contributed by atoms with E-state index in [0.717, 1.165) is 12.1 Å². The third-order valence-electron chi connectivity index (χ3n) is 3.48. The molecule has 1 fully saturated rings. The highest BCUT2D eigenvalue weighted by molar-refractivity contribution is 6.36. The minimum atomic E-state index is -5.24. The second kappa shape index (κ2) is 6.00. The monoisotopic (exact) mass is 377 g/mol. The lowest BCUT2D eigenvalue weighted by Crippen LogP contribution is -2.66. The molecule has 1 heterocycles. The van der Waals surface area contributed by atoms with Gasteiger partial charge in [-0.2, -0.15) is 18.4 Å². The van der Waals surface area contributed by atoms with Gasteiger partial charge < -0.3 is 10.6 Å². The fourth-order valence-electron chi connectivity index (χ4n) is 2.30. The molecule has 24 heavy (non-hydrogen) atoms. The number of nitrogens with zero attached hydrogens (tertiary/aromatic N) is 1. The van der Waals surface area contributed by atoms with Gasteiger partial charge in [-0.25, -0.2) is 0 Å². The van der Waals surface area contributed by atoms with Gasteiger partial charge in [-0.1, -0.05) is 29.8 Å². The highest BCUT2D eigenvalue weighted by Gasteiger charge is 2.70. The molecule has 2 amide bonds. The number of carbonyl (C=O) groups excluding carboxylic acids is 2. The van der Waals surface area contributed by atoms with Crippen molar-refractivity contribution in [2.45, 2.75) is 11.7 Å². The third kappa shape index (κ3) is 2.70. The zero-order valence-electron chi connectivity index (χ0n) is 11.7. The minimum Gasteiger partial charge on any atom is -0.329 e. The van der Waals surface area contributed by atoms with Gasteiger partial charge in [-0.3, -0.25) is 9.59 Å². The van der Waals surface area contributed by atoms with Crippen molar-refractivity contribution in [1.29, 1.82) is 5.26 Å². The van der Waals surface area contributed by atoms with E-state index in [2.05, 4.69) is 6.58 Å². The van der Waals surface area contributed by atoms with Crippen molar-refractivity contribution >= 4 is 35.0 Å². The zero-order valence-corrected chi connectivity index (χ0v) is 13.2. The Kier molecular flexibility index (Phi) is 4.52. The number of rotatable bonds is 2. The molecule has 0 bridgehead atoms. The van der Waals surface area contributed by atoms with Crippen LogP contribution in [0.1, 0.15) is 10.4 Å². The summed E-state index contributed by atoms with van der Waals surface area (Å²) in [5.74, 6) is -4.90. The first-order chi connectivity index (χ1) is 11.0. The van der Waals surface area contributed by atoms with Crippen LogP contribution in [0.15, 0.2) is 30.5 Å². The third-order valence-corrected chi connectivity index (χ3v) is 4.02. The number of benzene rings is 1. The Morgan fingerprint density at radius 1 is 1.42 bits per heavy atom. The first kappa shape index (κ1) is 18.1. The van der Waals surface area contributed by atoms with Crippen LogP contribution in [-0.2, 0) is 4.79 Å². The number of amides is 2. The van der Waals surface area contributed by atoms with Gasteiger partial charge >= 0.3 is 6.18 Å². The Morgan fingerprint density at radius 3 is 2.54 bits per heavy atom. The first-order valence-electron chi connectivity index (χ1n) is 6.28. The molecule has 0 aromatic heterocycles. The average molecular weight is 378 g/mol. The van der Waals surface area contributed by atoms with Gasteiger partial charge in [-0.05, 0) is 18.2 Å². The Bertz CT molecular complexity index is 788. The normalized spacial score (nSPS) is 23.6. The Labute approximate surface area is 144 Å². The van der Waals surface area contributed by atoms with Crippen LogP contribution in [0, 0.1) is 17.2 Å². The summed E-state index contributed by atoms with van der Waals surface area (Å²) in [6, 6.07) is 4.86. The molecule has 2 N–H and O–H groups in total. The van der Waals surface area contributed by atoms with Crippen LogP contribution in [0.4, 0.5) is 13.2 Å². The van der Waals surface area contributed by atoms with E-state index in [1.807, 2.05) is 5.32 Å². The van der Waals surface area contributed by atoms with Crippen LogP contribution in [-0.4, -0.2) is 23.5 Å². The fourth-order valence-corrected chi connectivity index (χ4v) is 2.79. The first-order valence-corrected chi connectivity index (χ1v) is 7.04. The maximum atomic E-state index is 13.6. The van der Waals surface area contributed by atoms with E-state index in [9.17, 15) is 22.8 Å². The molecule has 0 saturated carbocycles. The van der Waals surface area contributed by atoms with E-state index >= 15 is 0 Å². The summed E-state index contributed by atoms with van der Waals surface area (Å²) in [4.78, 5) is 24.2. The van der Waals surface area contributed by atoms with E-state index in [-0.39, 0.29) is 15.6 Å². The largest absolute Gasteiger partial charge is 0.422 e. The van der Waals surface area contributed by atoms with Crippen LogP contribution in [0.5, 0.6) is 0 Å². The minimum absolute atomic E-state index is 0.170. The van der Waals surface area contributed by atoms with Crippen LogP contribution in [0.25, 0.3) is 0 Å². The molecule has 1 aliphatic rings. The summed E-state index contributed by atoms with van der Waals surface area (Å²) in [5, 5.41) is 12.4. The lowest BCUT2D eigenvalue weighted by molar-refractivity contribution is -0.197. The van der Waals surface area contributed by atoms with Crippen molar-refractivity contribution < 1.29 is 22.8 Å². The second-order valence-electron chi connectivity index (χ2n) is 4.93. The molecule has 0 radical (unpaired) electrons. The molecule has 1 aromatic carbocycles. The van der Waals surface area contributed by atoms with E-state index in [1.165, 1.54) is 12.1 Å². The molecule has 5 nitrogen and oxygen atoms in total. The van der Waals surface area contributed by atoms with Gasteiger partial charge in [0.25, 0.3) is 11.8 Å². The molecule has 126 valence electrons. The Hall–Kier alpha value is -2.24. The highest BCUT2D eigenvalue weighted by atomic mass is 35.5. The van der Waals surface area contributed by atoms with Gasteiger partial charge in [0, 0.05) is 10.7 Å². The summed E-state index contributed by atoms with van der Waals surface area (Å²) in [6.45, 7) is 3.23. The number of halogens is 5. The molecule has 1 saturated heterocycles. The quantitative estimate of drug-likeness (QED) is 0.831. The maximum Gasteiger partial charge on any atom is 0.422 e. The van der Waals surface area contributed by atoms with Crippen molar-refractivity contribution in [2.75, 3.05) is 0 Å². The molecule has 0 spiro atoms. The van der Waals surface area contributed by atoms with E-state index in [0.29, 0.717) is 0 Å². The van der Waals surface area contributed by atoms with Crippen molar-refractivity contribution in [1.82, 2.24) is 10.6 Å². The van der Waals surface area contributed by atoms with E-state index in [1.54, 1.807) is 5.32 Å². The van der Waals surface area contributed by atoms with Crippen molar-refractivity contribution in [3.8, 4) is 6.07 Å². The number of hydrogen-bond acceptors (Lipinski definition) is 3. The number of nitriles is 1. The molecular formula is C14H8Cl2F3N3O2. The maximum absolute atomic E-state index is 13.6. The lowest BCUT2D eigenvalue weighted by atomic mass is 9.84. The molecule has 1 aliphatic heterocycles. The van der Waals surface area contributed by atoms with Gasteiger partial charge in [0.2, 0.25) is 5.54 Å². The molecule has 1 aromatic rings. The molecule has 0 unspecified atom stereocenters. The fraction of sp³-hybridized carbons (Fsp3) is 0.214. The van der Waals surface area contributed by atoms with Crippen molar-refractivity contribution in [3.05, 3.63) is 46.1 Å². The molecule has 2 atom stereocenters. The van der Waals surface area contributed by atoms with Crippen LogP contribution in [0.2, 0.25) is 10.0 Å². The van der Waals surface area contributed by atoms with Crippen LogP contribution in [0.3, 0.4) is 0 Å². The number of carbonyl (C=O) groups is 2. The van der Waals surface area contributed by atoms with E-state index < -0.39 is 35.1 Å². The SMILES string of the molecule is C=C1NC(=O)[C@@](NC(=O)c2ccc(Cl)cc2Cl)(C(F)(F)F)[C@@H]1C#N. The highest BCUT2D eigenvalue weighted by Crippen LogP contribution is 2.43. The number of hydrogen-bond donors (Lipinski definition) is 2. The summed E-state index contributed by atoms with van der Waals surface area (Å²) >= 11 is 11.5. The van der Waals surface area contributed by atoms with Crippen LogP contribution < -0.4 is 10.6 Å². The van der Waals surface area contributed by atoms with Crippen molar-refractivity contribution in [3.63, 3.8) is 0 Å². The smallest absolute Gasteiger partial charge is 0.329 e. The second-order valence-corrected chi connectivity index (χ2v) is 5.77. The predicted molar refractivity (Wildman–Crippen MR) is 79.1 cm³/mol. The molecular weight excluding hydrogens is 370 g/mol. The van der Waals surface area contributed by atoms with Gasteiger partial charge in [-0.15, -0.1) is 0 Å². The Balaban J connectivity index is 2.52. The number of alkyl halides is 3. The molecule has 2 rings (SSSR count). The van der Waals surface area contributed by atoms with E-state index in [4.69, 9.17) is 28.5 Å². The summed E-state index contributed by atoms with van der Waals surface area (Å²) in [7, 11) is 0. The van der Waals surface area contributed by atoms with Gasteiger partial charge in [0.1, 0.15) is 5.92 Å². The van der Waals surface area contributed by atoms with Gasteiger partial charge in [0.15, 0.2) is 0 Å². The predicted octanol–water partition coefficient (Wildman–Crippen LogP) is 2.81. The standard InChI is InChI=1S/C14H8Cl2F3N3O2/c1-6-9(5-20)13(12(24)21-6,14(17,18)19)22-11(23)8-3-2-7(15)4-10(8)16/h2-4,9H,1H2,(H,21,24)(H,22,23)/t9-,13-/m1/s1. The van der Waals surface area contributed by atoms with Crippen LogP contribution >= 0.6 is 23.2 Å². The summed E-state index contributed by atoms with van der Waals surface area (Å²) in [5.41, 5.74) is -4.24. The van der Waals surface area contributed by atoms with Gasteiger partial charge in [0.05, 0.1) is 16.7 Å². The topological polar surface area (TPSA) is 82.0 Å². The summed E-state index contributed by atoms with van der Waals surface area (Å²) < 4.78 is 40.8. The van der Waals surface area contributed by atoms with Crippen molar-refractivity contribution in [2.24, 2.45) is 5.92 Å². The lowest BCUT2D eigenvalue weighted by Gasteiger charge is -2.32.